The molecule has 0 saturated carbocycles. The lowest BCUT2D eigenvalue weighted by Crippen LogP contribution is -1.91. The van der Waals surface area contributed by atoms with E-state index >= 15 is 0 Å². The van der Waals surface area contributed by atoms with Gasteiger partial charge in [0.25, 0.3) is 0 Å². The summed E-state index contributed by atoms with van der Waals surface area (Å²) in [5.74, 6) is 0. The van der Waals surface area contributed by atoms with Crippen molar-refractivity contribution in [2.45, 2.75) is 12.8 Å². The summed E-state index contributed by atoms with van der Waals surface area (Å²) in [5.41, 5.74) is 0.922. The largest absolute Gasteiger partial charge is 0.301 e. The Kier molecular flexibility index (Phi) is 3.23. The summed E-state index contributed by atoms with van der Waals surface area (Å²) in [6.45, 7) is 0. The summed E-state index contributed by atoms with van der Waals surface area (Å²) in [4.78, 5) is 9.99. The van der Waals surface area contributed by atoms with Crippen molar-refractivity contribution in [3.8, 4) is 0 Å². The van der Waals surface area contributed by atoms with E-state index in [-0.39, 0.29) is 6.42 Å². The van der Waals surface area contributed by atoms with E-state index in [4.69, 9.17) is 11.6 Å². The lowest BCUT2D eigenvalue weighted by Gasteiger charge is -1.96. The minimum atomic E-state index is -1.27. The fraction of sp³-hybridized carbons (Fsp3) is 0.222. The highest BCUT2D eigenvalue weighted by molar-refractivity contribution is 6.30. The Balaban J connectivity index is 2.53. The summed E-state index contributed by atoms with van der Waals surface area (Å²) in [6, 6.07) is 5.74. The van der Waals surface area contributed by atoms with Crippen LogP contribution in [0.5, 0.6) is 0 Å². The monoisotopic (exact) mass is 186 g/mol. The van der Waals surface area contributed by atoms with E-state index in [9.17, 15) is 9.18 Å². The van der Waals surface area contributed by atoms with Crippen LogP contribution in [0.1, 0.15) is 12.0 Å². The smallest absolute Gasteiger partial charge is 0.261 e. The van der Waals surface area contributed by atoms with Crippen LogP contribution < -0.4 is 0 Å². The van der Waals surface area contributed by atoms with Gasteiger partial charge in [-0.3, -0.25) is 4.79 Å². The van der Waals surface area contributed by atoms with Crippen molar-refractivity contribution in [3.63, 3.8) is 0 Å². The number of rotatable bonds is 3. The molecule has 0 bridgehead atoms. The van der Waals surface area contributed by atoms with Crippen molar-refractivity contribution in [2.75, 3.05) is 0 Å². The fourth-order valence-corrected chi connectivity index (χ4v) is 1.02. The van der Waals surface area contributed by atoms with Gasteiger partial charge in [0.1, 0.15) is 0 Å². The van der Waals surface area contributed by atoms with E-state index in [1.54, 1.807) is 24.3 Å². The fourth-order valence-electron chi connectivity index (χ4n) is 0.894. The quantitative estimate of drug-likeness (QED) is 0.664. The normalized spacial score (nSPS) is 9.83. The van der Waals surface area contributed by atoms with E-state index in [2.05, 4.69) is 0 Å². The maximum Gasteiger partial charge on any atom is 0.301 e. The van der Waals surface area contributed by atoms with E-state index in [1.807, 2.05) is 0 Å². The summed E-state index contributed by atoms with van der Waals surface area (Å²) >= 11 is 5.63. The van der Waals surface area contributed by atoms with Crippen LogP contribution in [0.2, 0.25) is 5.02 Å². The molecule has 1 nitrogen and oxygen atoms in total. The Morgan fingerprint density at radius 2 is 1.92 bits per heavy atom. The minimum absolute atomic E-state index is 0.0539. The van der Waals surface area contributed by atoms with Gasteiger partial charge in [-0.25, -0.2) is 0 Å². The van der Waals surface area contributed by atoms with Crippen LogP contribution in [0.4, 0.5) is 4.39 Å². The Bertz CT molecular complexity index is 268. The van der Waals surface area contributed by atoms with Crippen molar-refractivity contribution in [2.24, 2.45) is 0 Å². The molecule has 0 N–H and O–H groups in total. The van der Waals surface area contributed by atoms with Gasteiger partial charge in [0.05, 0.1) is 0 Å². The van der Waals surface area contributed by atoms with Crippen LogP contribution in [0, 0.1) is 0 Å². The van der Waals surface area contributed by atoms with Gasteiger partial charge in [0.15, 0.2) is 0 Å². The number of halogens is 2. The summed E-state index contributed by atoms with van der Waals surface area (Å²) in [5, 5.41) is 0.644. The Hall–Kier alpha value is -0.890. The predicted octanol–water partition coefficient (Wildman–Crippen LogP) is 2.77. The summed E-state index contributed by atoms with van der Waals surface area (Å²) in [6.07, 6.45) is 0.383. The van der Waals surface area contributed by atoms with Gasteiger partial charge in [0.2, 0.25) is 0 Å². The van der Waals surface area contributed by atoms with Crippen molar-refractivity contribution in [3.05, 3.63) is 34.9 Å². The van der Waals surface area contributed by atoms with Gasteiger partial charge in [-0.1, -0.05) is 23.7 Å². The van der Waals surface area contributed by atoms with Crippen LogP contribution in [-0.2, 0) is 11.2 Å². The van der Waals surface area contributed by atoms with Gasteiger partial charge in [0, 0.05) is 11.4 Å². The molecule has 1 rings (SSSR count). The average Bonchev–Trinajstić information content (AvgIpc) is 2.03. The second-order valence-corrected chi connectivity index (χ2v) is 2.92. The topological polar surface area (TPSA) is 17.1 Å². The van der Waals surface area contributed by atoms with E-state index in [1.165, 1.54) is 0 Å². The average molecular weight is 187 g/mol. The highest BCUT2D eigenvalue weighted by Crippen LogP contribution is 2.10. The van der Waals surface area contributed by atoms with Gasteiger partial charge in [-0.2, -0.15) is 4.39 Å². The number of hydrogen-bond donors (Lipinski definition) is 0. The van der Waals surface area contributed by atoms with E-state index < -0.39 is 6.04 Å². The summed E-state index contributed by atoms with van der Waals surface area (Å²) in [7, 11) is 0. The van der Waals surface area contributed by atoms with E-state index in [0.29, 0.717) is 11.4 Å². The standard InChI is InChI=1S/C9H8ClFO/c10-8-4-1-7(2-5-8)3-6-9(11)12/h1-2,4-5H,3,6H2. The van der Waals surface area contributed by atoms with Gasteiger partial charge in [-0.05, 0) is 24.1 Å². The molecule has 0 aromatic heterocycles. The van der Waals surface area contributed by atoms with Crippen LogP contribution in [0.15, 0.2) is 24.3 Å². The molecule has 1 aromatic rings. The molecule has 0 radical (unpaired) electrons. The Morgan fingerprint density at radius 3 is 2.42 bits per heavy atom. The molecule has 0 aliphatic rings. The molecule has 0 atom stereocenters. The van der Waals surface area contributed by atoms with Crippen molar-refractivity contribution >= 4 is 17.6 Å². The van der Waals surface area contributed by atoms with Crippen LogP contribution >= 0.6 is 11.6 Å². The van der Waals surface area contributed by atoms with Gasteiger partial charge >= 0.3 is 6.04 Å². The van der Waals surface area contributed by atoms with Crippen LogP contribution in [0.3, 0.4) is 0 Å². The first kappa shape index (κ1) is 9.20. The molecule has 0 spiro atoms. The van der Waals surface area contributed by atoms with Crippen LogP contribution in [-0.4, -0.2) is 6.04 Å². The molecular formula is C9H8ClFO. The number of carbonyl (C=O) groups excluding carboxylic acids is 1. The second-order valence-electron chi connectivity index (χ2n) is 2.48. The zero-order chi connectivity index (χ0) is 8.97. The molecule has 0 fully saturated rings. The van der Waals surface area contributed by atoms with Crippen LogP contribution in [0.25, 0.3) is 0 Å². The third-order valence-electron chi connectivity index (χ3n) is 1.52. The first-order valence-corrected chi connectivity index (χ1v) is 3.99. The second kappa shape index (κ2) is 4.21. The minimum Gasteiger partial charge on any atom is -0.261 e. The molecule has 3 heteroatoms. The van der Waals surface area contributed by atoms with Gasteiger partial charge < -0.3 is 0 Å². The highest BCUT2D eigenvalue weighted by Gasteiger charge is 1.99. The third-order valence-corrected chi connectivity index (χ3v) is 1.78. The zero-order valence-electron chi connectivity index (χ0n) is 6.39. The molecular weight excluding hydrogens is 179 g/mol. The highest BCUT2D eigenvalue weighted by atomic mass is 35.5. The molecule has 0 unspecified atom stereocenters. The summed E-state index contributed by atoms with van der Waals surface area (Å²) < 4.78 is 11.8. The first-order valence-electron chi connectivity index (χ1n) is 3.61. The van der Waals surface area contributed by atoms with Crippen molar-refractivity contribution < 1.29 is 9.18 Å². The lowest BCUT2D eigenvalue weighted by molar-refractivity contribution is -0.129. The Labute approximate surface area is 75.2 Å². The first-order chi connectivity index (χ1) is 5.68. The number of carbonyl (C=O) groups is 1. The molecule has 0 heterocycles. The zero-order valence-corrected chi connectivity index (χ0v) is 7.14. The number of aryl methyl sites for hydroxylation is 1. The lowest BCUT2D eigenvalue weighted by atomic mass is 10.1. The van der Waals surface area contributed by atoms with Crippen molar-refractivity contribution in [1.29, 1.82) is 0 Å². The predicted molar refractivity (Wildman–Crippen MR) is 45.9 cm³/mol. The molecule has 0 saturated heterocycles. The molecule has 64 valence electrons. The molecule has 12 heavy (non-hydrogen) atoms. The number of benzene rings is 1. The molecule has 0 aliphatic heterocycles. The molecule has 1 aromatic carbocycles. The van der Waals surface area contributed by atoms with Gasteiger partial charge in [-0.15, -0.1) is 0 Å². The van der Waals surface area contributed by atoms with Crippen molar-refractivity contribution in [1.82, 2.24) is 0 Å². The Morgan fingerprint density at radius 1 is 1.33 bits per heavy atom. The SMILES string of the molecule is O=C(F)CCc1ccc(Cl)cc1. The third kappa shape index (κ3) is 3.01. The number of hydrogen-bond acceptors (Lipinski definition) is 1. The van der Waals surface area contributed by atoms with E-state index in [0.717, 1.165) is 5.56 Å². The molecule has 0 amide bonds. The maximum atomic E-state index is 11.8. The molecule has 0 aliphatic carbocycles. The maximum absolute atomic E-state index is 11.8.